The zero-order valence-electron chi connectivity index (χ0n) is 9.79. The van der Waals surface area contributed by atoms with Crippen LogP contribution in [0.3, 0.4) is 0 Å². The van der Waals surface area contributed by atoms with Gasteiger partial charge >= 0.3 is 5.69 Å². The molecule has 18 heavy (non-hydrogen) atoms. The first-order chi connectivity index (χ1) is 8.66. The van der Waals surface area contributed by atoms with Crippen LogP contribution >= 0.6 is 11.3 Å². The maximum Gasteiger partial charge on any atom is 0.347 e. The average molecular weight is 264 g/mol. The van der Waals surface area contributed by atoms with Gasteiger partial charge < -0.3 is 5.32 Å². The number of carbonyl (C=O) groups excluding carboxylic acids is 1. The summed E-state index contributed by atoms with van der Waals surface area (Å²) in [5, 5.41) is 4.97. The molecular weight excluding hydrogens is 252 g/mol. The SMILES string of the molecule is Cc1csc(C(=O)NCCn2cccnc2=O)n1. The quantitative estimate of drug-likeness (QED) is 0.869. The van der Waals surface area contributed by atoms with Gasteiger partial charge in [0.15, 0.2) is 5.01 Å². The molecule has 0 bridgehead atoms. The number of aryl methyl sites for hydroxylation is 1. The van der Waals surface area contributed by atoms with Crippen LogP contribution in [0.4, 0.5) is 0 Å². The molecule has 0 aliphatic heterocycles. The number of thiazole rings is 1. The van der Waals surface area contributed by atoms with Crippen LogP contribution in [0, 0.1) is 6.92 Å². The van der Waals surface area contributed by atoms with E-state index >= 15 is 0 Å². The molecule has 2 rings (SSSR count). The van der Waals surface area contributed by atoms with Gasteiger partial charge in [0.2, 0.25) is 0 Å². The van der Waals surface area contributed by atoms with Crippen molar-refractivity contribution in [3.8, 4) is 0 Å². The fraction of sp³-hybridized carbons (Fsp3) is 0.273. The largest absolute Gasteiger partial charge is 0.348 e. The van der Waals surface area contributed by atoms with E-state index in [1.165, 1.54) is 22.1 Å². The predicted molar refractivity (Wildman–Crippen MR) is 67.7 cm³/mol. The van der Waals surface area contributed by atoms with Gasteiger partial charge in [-0.25, -0.2) is 14.8 Å². The number of rotatable bonds is 4. The van der Waals surface area contributed by atoms with Gasteiger partial charge in [0.05, 0.1) is 0 Å². The first-order valence-corrected chi connectivity index (χ1v) is 6.26. The highest BCUT2D eigenvalue weighted by atomic mass is 32.1. The van der Waals surface area contributed by atoms with Crippen molar-refractivity contribution in [2.75, 3.05) is 6.54 Å². The van der Waals surface area contributed by atoms with Gasteiger partial charge in [-0.2, -0.15) is 0 Å². The smallest absolute Gasteiger partial charge is 0.347 e. The van der Waals surface area contributed by atoms with Gasteiger partial charge in [-0.1, -0.05) is 0 Å². The molecule has 0 aliphatic carbocycles. The average Bonchev–Trinajstić information content (AvgIpc) is 2.78. The molecule has 2 aromatic rings. The molecular formula is C11H12N4O2S. The van der Waals surface area contributed by atoms with Crippen molar-refractivity contribution in [2.45, 2.75) is 13.5 Å². The van der Waals surface area contributed by atoms with Crippen LogP contribution in [-0.4, -0.2) is 27.0 Å². The topological polar surface area (TPSA) is 76.9 Å². The van der Waals surface area contributed by atoms with E-state index in [-0.39, 0.29) is 11.6 Å². The van der Waals surface area contributed by atoms with Crippen molar-refractivity contribution in [3.05, 3.63) is 45.0 Å². The van der Waals surface area contributed by atoms with Crippen molar-refractivity contribution in [1.82, 2.24) is 19.9 Å². The number of amides is 1. The molecule has 2 heterocycles. The molecule has 7 heteroatoms. The normalized spacial score (nSPS) is 10.3. The van der Waals surface area contributed by atoms with Crippen LogP contribution in [0.5, 0.6) is 0 Å². The molecule has 0 aromatic carbocycles. The Morgan fingerprint density at radius 3 is 3.06 bits per heavy atom. The lowest BCUT2D eigenvalue weighted by atomic mass is 10.5. The van der Waals surface area contributed by atoms with Crippen LogP contribution in [0.2, 0.25) is 0 Å². The molecule has 0 spiro atoms. The molecule has 0 saturated carbocycles. The first kappa shape index (κ1) is 12.4. The Hall–Kier alpha value is -2.02. The zero-order chi connectivity index (χ0) is 13.0. The van der Waals surface area contributed by atoms with Crippen LogP contribution in [0.25, 0.3) is 0 Å². The molecule has 2 aromatic heterocycles. The third kappa shape index (κ3) is 3.01. The standard InChI is InChI=1S/C11H12N4O2S/c1-8-7-18-10(14-8)9(16)12-4-6-15-5-2-3-13-11(15)17/h2-3,5,7H,4,6H2,1H3,(H,12,16). The Morgan fingerprint density at radius 1 is 1.56 bits per heavy atom. The van der Waals surface area contributed by atoms with Crippen molar-refractivity contribution in [1.29, 1.82) is 0 Å². The molecule has 0 aliphatic rings. The van der Waals surface area contributed by atoms with Crippen molar-refractivity contribution in [3.63, 3.8) is 0 Å². The summed E-state index contributed by atoms with van der Waals surface area (Å²) in [6, 6.07) is 1.67. The predicted octanol–water partition coefficient (Wildman–Crippen LogP) is 0.438. The Bertz CT molecular complexity index is 605. The van der Waals surface area contributed by atoms with E-state index in [2.05, 4.69) is 15.3 Å². The molecule has 0 saturated heterocycles. The lowest BCUT2D eigenvalue weighted by Crippen LogP contribution is -2.31. The molecule has 0 fully saturated rings. The number of nitrogens with zero attached hydrogens (tertiary/aromatic N) is 3. The fourth-order valence-corrected chi connectivity index (χ4v) is 2.09. The monoisotopic (exact) mass is 264 g/mol. The summed E-state index contributed by atoms with van der Waals surface area (Å²) in [6.07, 6.45) is 3.07. The summed E-state index contributed by atoms with van der Waals surface area (Å²) in [5.41, 5.74) is 0.505. The molecule has 0 unspecified atom stereocenters. The van der Waals surface area contributed by atoms with Crippen molar-refractivity contribution < 1.29 is 4.79 Å². The number of hydrogen-bond donors (Lipinski definition) is 1. The molecule has 1 N–H and O–H groups in total. The summed E-state index contributed by atoms with van der Waals surface area (Å²) < 4.78 is 1.44. The van der Waals surface area contributed by atoms with E-state index in [9.17, 15) is 9.59 Å². The van der Waals surface area contributed by atoms with E-state index in [0.717, 1.165) is 5.69 Å². The second kappa shape index (κ2) is 5.54. The number of hydrogen-bond acceptors (Lipinski definition) is 5. The highest BCUT2D eigenvalue weighted by Crippen LogP contribution is 2.07. The highest BCUT2D eigenvalue weighted by molar-refractivity contribution is 7.11. The lowest BCUT2D eigenvalue weighted by Gasteiger charge is -2.04. The van der Waals surface area contributed by atoms with Gasteiger partial charge in [0.1, 0.15) is 0 Å². The third-order valence-corrected chi connectivity index (χ3v) is 3.19. The minimum atomic E-state index is -0.322. The van der Waals surface area contributed by atoms with Gasteiger partial charge in [0, 0.05) is 36.6 Å². The minimum Gasteiger partial charge on any atom is -0.348 e. The summed E-state index contributed by atoms with van der Waals surface area (Å²) in [4.78, 5) is 30.7. The third-order valence-electron chi connectivity index (χ3n) is 2.23. The summed E-state index contributed by atoms with van der Waals surface area (Å²) >= 11 is 1.30. The number of aromatic nitrogens is 3. The molecule has 0 atom stereocenters. The summed E-state index contributed by atoms with van der Waals surface area (Å²) in [7, 11) is 0. The second-order valence-corrected chi connectivity index (χ2v) is 4.50. The number of carbonyl (C=O) groups is 1. The Kier molecular flexibility index (Phi) is 3.83. The maximum absolute atomic E-state index is 11.7. The first-order valence-electron chi connectivity index (χ1n) is 5.38. The van der Waals surface area contributed by atoms with E-state index < -0.39 is 0 Å². The van der Waals surface area contributed by atoms with Crippen LogP contribution < -0.4 is 11.0 Å². The van der Waals surface area contributed by atoms with Crippen LogP contribution in [0.1, 0.15) is 15.5 Å². The van der Waals surface area contributed by atoms with Gasteiger partial charge in [-0.3, -0.25) is 9.36 Å². The van der Waals surface area contributed by atoms with Crippen LogP contribution in [-0.2, 0) is 6.54 Å². The number of nitrogens with one attached hydrogen (secondary N) is 1. The lowest BCUT2D eigenvalue weighted by molar-refractivity contribution is 0.0951. The minimum absolute atomic E-state index is 0.218. The van der Waals surface area contributed by atoms with Gasteiger partial charge in [-0.05, 0) is 13.0 Å². The zero-order valence-corrected chi connectivity index (χ0v) is 10.6. The van der Waals surface area contributed by atoms with Crippen molar-refractivity contribution >= 4 is 17.2 Å². The summed E-state index contributed by atoms with van der Waals surface area (Å²) in [6.45, 7) is 2.59. The van der Waals surface area contributed by atoms with E-state index in [1.54, 1.807) is 12.3 Å². The van der Waals surface area contributed by atoms with E-state index in [4.69, 9.17) is 0 Å². The molecule has 6 nitrogen and oxygen atoms in total. The van der Waals surface area contributed by atoms with Crippen molar-refractivity contribution in [2.24, 2.45) is 0 Å². The second-order valence-electron chi connectivity index (χ2n) is 3.65. The summed E-state index contributed by atoms with van der Waals surface area (Å²) in [5.74, 6) is -0.218. The molecule has 94 valence electrons. The van der Waals surface area contributed by atoms with Gasteiger partial charge in [-0.15, -0.1) is 11.3 Å². The fourth-order valence-electron chi connectivity index (χ4n) is 1.38. The maximum atomic E-state index is 11.7. The van der Waals surface area contributed by atoms with E-state index in [1.807, 2.05) is 12.3 Å². The Balaban J connectivity index is 1.88. The Morgan fingerprint density at radius 2 is 2.39 bits per heavy atom. The molecule has 1 amide bonds. The van der Waals surface area contributed by atoms with E-state index in [0.29, 0.717) is 18.1 Å². The van der Waals surface area contributed by atoms with Gasteiger partial charge in [0.25, 0.3) is 5.91 Å². The van der Waals surface area contributed by atoms with Crippen LogP contribution in [0.15, 0.2) is 28.6 Å². The molecule has 0 radical (unpaired) electrons. The Labute approximate surface area is 107 Å². The highest BCUT2D eigenvalue weighted by Gasteiger charge is 2.08.